The average Bonchev–Trinajstić information content (AvgIpc) is 3.84. The number of hydrogen-bond acceptors (Lipinski definition) is 5. The number of aromatic nitrogens is 3. The Morgan fingerprint density at radius 2 is 1.84 bits per heavy atom. The van der Waals surface area contributed by atoms with Gasteiger partial charge in [-0.25, -0.2) is 4.98 Å². The summed E-state index contributed by atoms with van der Waals surface area (Å²) in [5.41, 5.74) is 13.1. The van der Waals surface area contributed by atoms with Gasteiger partial charge in [0.25, 0.3) is 5.91 Å². The molecule has 49 heavy (non-hydrogen) atoms. The maximum Gasteiger partial charge on any atom is 0.254 e. The van der Waals surface area contributed by atoms with E-state index in [4.69, 9.17) is 15.5 Å². The number of rotatable bonds is 3. The van der Waals surface area contributed by atoms with Crippen LogP contribution in [-0.4, -0.2) is 56.1 Å². The van der Waals surface area contributed by atoms with Gasteiger partial charge in [0, 0.05) is 64.9 Å². The predicted octanol–water partition coefficient (Wildman–Crippen LogP) is 7.50. The zero-order valence-corrected chi connectivity index (χ0v) is 29.0. The monoisotopic (exact) mass is 658 g/mol. The third-order valence-electron chi connectivity index (χ3n) is 11.4. The highest BCUT2D eigenvalue weighted by Crippen LogP contribution is 2.41. The van der Waals surface area contributed by atoms with Crippen molar-refractivity contribution in [3.63, 3.8) is 0 Å². The Labute approximate surface area is 287 Å². The van der Waals surface area contributed by atoms with E-state index in [-0.39, 0.29) is 29.9 Å². The van der Waals surface area contributed by atoms with Crippen LogP contribution in [-0.2, 0) is 18.4 Å². The van der Waals surface area contributed by atoms with E-state index in [1.54, 1.807) is 7.11 Å². The summed E-state index contributed by atoms with van der Waals surface area (Å²) < 4.78 is 10.4. The minimum atomic E-state index is -0.456. The predicted molar refractivity (Wildman–Crippen MR) is 195 cm³/mol. The number of amides is 2. The quantitative estimate of drug-likeness (QED) is 0.209. The third kappa shape index (κ3) is 5.30. The summed E-state index contributed by atoms with van der Waals surface area (Å²) in [6.07, 6.45) is 7.84. The first-order valence-corrected chi connectivity index (χ1v) is 17.8. The molecule has 3 atom stereocenters. The molecule has 254 valence electrons. The number of nitrogens with two attached hydrogens (primary N) is 1. The van der Waals surface area contributed by atoms with Gasteiger partial charge in [-0.15, -0.1) is 0 Å². The molecule has 2 amide bonds. The summed E-state index contributed by atoms with van der Waals surface area (Å²) in [6, 6.07) is 21.0. The number of imidazole rings is 1. The molecular weight excluding hydrogens is 612 g/mol. The number of hydrogen-bond donors (Lipinski definition) is 2. The Balaban J connectivity index is 1.24. The van der Waals surface area contributed by atoms with Gasteiger partial charge in [0.15, 0.2) is 5.82 Å². The number of methoxy groups -OCH3 is 1. The number of para-hydroxylation sites is 1. The van der Waals surface area contributed by atoms with Crippen LogP contribution in [0.2, 0.25) is 0 Å². The van der Waals surface area contributed by atoms with Gasteiger partial charge in [0.1, 0.15) is 11.3 Å². The second-order valence-corrected chi connectivity index (χ2v) is 15.0. The van der Waals surface area contributed by atoms with Gasteiger partial charge in [0.05, 0.1) is 18.3 Å². The number of anilines is 1. The molecule has 8 rings (SSSR count). The van der Waals surface area contributed by atoms with Crippen LogP contribution < -0.4 is 15.8 Å². The third-order valence-corrected chi connectivity index (χ3v) is 11.4. The molecule has 2 fully saturated rings. The largest absolute Gasteiger partial charge is 0.494 e. The van der Waals surface area contributed by atoms with Gasteiger partial charge in [0.2, 0.25) is 5.91 Å². The van der Waals surface area contributed by atoms with Gasteiger partial charge >= 0.3 is 0 Å². The molecule has 4 bridgehead atoms. The van der Waals surface area contributed by atoms with Crippen molar-refractivity contribution in [3.05, 3.63) is 66.2 Å². The topological polar surface area (TPSA) is 107 Å². The molecule has 5 heterocycles. The normalized spacial score (nSPS) is 22.3. The van der Waals surface area contributed by atoms with Crippen molar-refractivity contribution in [2.45, 2.75) is 89.9 Å². The lowest BCUT2D eigenvalue weighted by Gasteiger charge is -2.24. The van der Waals surface area contributed by atoms with Crippen LogP contribution in [0.1, 0.15) is 75.6 Å². The molecule has 0 radical (unpaired) electrons. The smallest absolute Gasteiger partial charge is 0.254 e. The van der Waals surface area contributed by atoms with Crippen LogP contribution >= 0.6 is 0 Å². The standard InChI is InChI=1S/C40H46N6O3/c1-40(2)17-9-5-6-10-18-45-33-20-24(28-11-7-8-12-30(28)43-39(40)48)13-14-25(33)21-34(45)37-42-31-19-26(22-35(49-4)36(31)44(37)3)38(47)46-27-15-16-32(46)29(41)23-27/h7-8,11-14,19-22,27,29,32H,5-6,9-10,15-18,23,41H2,1-4H3,(H,43,48)/t27-,29+,32+/m0/s1. The first-order valence-electron chi connectivity index (χ1n) is 17.8. The van der Waals surface area contributed by atoms with E-state index < -0.39 is 5.41 Å². The van der Waals surface area contributed by atoms with Crippen LogP contribution in [0.3, 0.4) is 0 Å². The molecule has 9 heteroatoms. The van der Waals surface area contributed by atoms with E-state index in [0.717, 1.165) is 108 Å². The lowest BCUT2D eigenvalue weighted by atomic mass is 9.85. The van der Waals surface area contributed by atoms with E-state index in [0.29, 0.717) is 11.3 Å². The minimum Gasteiger partial charge on any atom is -0.494 e. The molecule has 3 aromatic carbocycles. The molecule has 2 aromatic heterocycles. The van der Waals surface area contributed by atoms with Crippen molar-refractivity contribution in [2.75, 3.05) is 12.4 Å². The van der Waals surface area contributed by atoms with Crippen LogP contribution in [0.4, 0.5) is 5.69 Å². The Hall–Kier alpha value is -4.63. The maximum atomic E-state index is 13.9. The van der Waals surface area contributed by atoms with Gasteiger partial charge < -0.3 is 29.8 Å². The summed E-state index contributed by atoms with van der Waals surface area (Å²) in [6.45, 7) is 4.93. The first kappa shape index (κ1) is 31.6. The number of aryl methyl sites for hydroxylation is 2. The zero-order valence-electron chi connectivity index (χ0n) is 29.0. The second-order valence-electron chi connectivity index (χ2n) is 15.0. The van der Waals surface area contributed by atoms with Crippen molar-refractivity contribution >= 4 is 39.4 Å². The summed E-state index contributed by atoms with van der Waals surface area (Å²) >= 11 is 0. The van der Waals surface area contributed by atoms with E-state index in [2.05, 4.69) is 44.8 Å². The number of nitrogens with one attached hydrogen (secondary N) is 1. The molecule has 0 saturated carbocycles. The lowest BCUT2D eigenvalue weighted by Crippen LogP contribution is -2.40. The second kappa shape index (κ2) is 12.1. The summed E-state index contributed by atoms with van der Waals surface area (Å²) in [5, 5.41) is 4.38. The Kier molecular flexibility index (Phi) is 7.78. The molecular formula is C40H46N6O3. The Bertz CT molecular complexity index is 2110. The highest BCUT2D eigenvalue weighted by molar-refractivity contribution is 6.02. The highest BCUT2D eigenvalue weighted by Gasteiger charge is 2.47. The summed E-state index contributed by atoms with van der Waals surface area (Å²) in [4.78, 5) is 34.5. The van der Waals surface area contributed by atoms with Crippen LogP contribution in [0.5, 0.6) is 5.75 Å². The molecule has 0 aliphatic carbocycles. The van der Waals surface area contributed by atoms with E-state index in [1.807, 2.05) is 56.1 Å². The van der Waals surface area contributed by atoms with E-state index >= 15 is 0 Å². The molecule has 3 aliphatic rings. The van der Waals surface area contributed by atoms with Crippen molar-refractivity contribution in [2.24, 2.45) is 18.2 Å². The van der Waals surface area contributed by atoms with Crippen LogP contribution in [0.25, 0.3) is 44.6 Å². The molecule has 5 aromatic rings. The molecule has 9 nitrogen and oxygen atoms in total. The lowest BCUT2D eigenvalue weighted by molar-refractivity contribution is -0.124. The van der Waals surface area contributed by atoms with Crippen LogP contribution in [0, 0.1) is 5.41 Å². The summed E-state index contributed by atoms with van der Waals surface area (Å²) in [7, 11) is 3.68. The van der Waals surface area contributed by atoms with Crippen molar-refractivity contribution < 1.29 is 14.3 Å². The van der Waals surface area contributed by atoms with Gasteiger partial charge in [-0.2, -0.15) is 0 Å². The Morgan fingerprint density at radius 3 is 2.61 bits per heavy atom. The fourth-order valence-corrected chi connectivity index (χ4v) is 8.61. The first-order chi connectivity index (χ1) is 23.6. The fourth-order valence-electron chi connectivity index (χ4n) is 8.61. The average molecular weight is 659 g/mol. The fraction of sp³-hybridized carbons (Fsp3) is 0.425. The number of carbonyl (C=O) groups excluding carboxylic acids is 2. The molecule has 3 N–H and O–H groups in total. The number of benzene rings is 3. The van der Waals surface area contributed by atoms with Gasteiger partial charge in [-0.05, 0) is 68.0 Å². The molecule has 3 aliphatic heterocycles. The van der Waals surface area contributed by atoms with Gasteiger partial charge in [-0.1, -0.05) is 63.4 Å². The molecule has 0 unspecified atom stereocenters. The van der Waals surface area contributed by atoms with E-state index in [1.165, 1.54) is 0 Å². The van der Waals surface area contributed by atoms with Crippen molar-refractivity contribution in [1.29, 1.82) is 0 Å². The maximum absolute atomic E-state index is 13.9. The number of fused-ring (bicyclic) bond motifs is 6. The SMILES string of the molecule is COc1cc(C(=O)N2[C@H]3CC[C@@H]2[C@H](N)C3)cc2nc(-c3cc4ccc5cc4n3CCCCCCC(C)(C)C(=O)Nc3ccccc3-5)n(C)c12. The van der Waals surface area contributed by atoms with E-state index in [9.17, 15) is 9.59 Å². The molecule has 0 spiro atoms. The van der Waals surface area contributed by atoms with Gasteiger partial charge in [-0.3, -0.25) is 9.59 Å². The molecule has 2 saturated heterocycles. The number of ether oxygens (including phenoxy) is 1. The van der Waals surface area contributed by atoms with Crippen LogP contribution in [0.15, 0.2) is 60.7 Å². The van der Waals surface area contributed by atoms with Crippen molar-refractivity contribution in [3.8, 4) is 28.4 Å². The number of nitrogens with zero attached hydrogens (tertiary/aromatic N) is 4. The zero-order chi connectivity index (χ0) is 34.0. The minimum absolute atomic E-state index is 0.0123. The summed E-state index contributed by atoms with van der Waals surface area (Å²) in [5.74, 6) is 1.53. The Morgan fingerprint density at radius 1 is 1.02 bits per heavy atom. The van der Waals surface area contributed by atoms with Crippen molar-refractivity contribution in [1.82, 2.24) is 19.0 Å². The highest BCUT2D eigenvalue weighted by atomic mass is 16.5. The number of carbonyl (C=O) groups is 2.